The van der Waals surface area contributed by atoms with Crippen molar-refractivity contribution in [2.45, 2.75) is 32.3 Å². The maximum Gasteiger partial charge on any atom is 0.235 e. The number of aliphatic hydroxyl groups is 1. The lowest BCUT2D eigenvalue weighted by molar-refractivity contribution is -0.142. The van der Waals surface area contributed by atoms with Crippen molar-refractivity contribution in [2.75, 3.05) is 26.8 Å². The summed E-state index contributed by atoms with van der Waals surface area (Å²) < 4.78 is 5.19. The zero-order chi connectivity index (χ0) is 14.7. The summed E-state index contributed by atoms with van der Waals surface area (Å²) >= 11 is 0. The lowest BCUT2D eigenvalue weighted by Crippen LogP contribution is -2.52. The highest BCUT2D eigenvalue weighted by Crippen LogP contribution is 2.24. The van der Waals surface area contributed by atoms with E-state index in [0.717, 1.165) is 0 Å². The number of carbonyl (C=O) groups excluding carboxylic acids is 1. The van der Waals surface area contributed by atoms with Gasteiger partial charge in [-0.15, -0.1) is 0 Å². The quantitative estimate of drug-likeness (QED) is 0.283. The molecule has 0 aromatic carbocycles. The second-order valence-corrected chi connectivity index (χ2v) is 5.61. The Morgan fingerprint density at radius 1 is 1.47 bits per heavy atom. The van der Waals surface area contributed by atoms with Crippen LogP contribution in [-0.4, -0.2) is 59.4 Å². The average Bonchev–Trinajstić information content (AvgIpc) is 2.36. The zero-order valence-corrected chi connectivity index (χ0v) is 11.7. The average molecular weight is 273 g/mol. The SMILES string of the molecule is CN(CC1(O)CCOCC1)C(=O)C(C)(C)C(N)=NO. The molecule has 1 aliphatic rings. The van der Waals surface area contributed by atoms with Gasteiger partial charge in [-0.05, 0) is 13.8 Å². The highest BCUT2D eigenvalue weighted by atomic mass is 16.5. The summed E-state index contributed by atoms with van der Waals surface area (Å²) in [6, 6.07) is 0. The Morgan fingerprint density at radius 3 is 2.47 bits per heavy atom. The Balaban J connectivity index is 2.72. The molecule has 0 spiro atoms. The van der Waals surface area contributed by atoms with E-state index in [1.165, 1.54) is 4.90 Å². The van der Waals surface area contributed by atoms with E-state index in [2.05, 4.69) is 5.16 Å². The van der Waals surface area contributed by atoms with E-state index < -0.39 is 11.0 Å². The second-order valence-electron chi connectivity index (χ2n) is 5.61. The fourth-order valence-corrected chi connectivity index (χ4v) is 2.13. The normalized spacial score (nSPS) is 20.1. The van der Waals surface area contributed by atoms with Gasteiger partial charge in [0.1, 0.15) is 5.41 Å². The van der Waals surface area contributed by atoms with E-state index in [4.69, 9.17) is 15.7 Å². The predicted molar refractivity (Wildman–Crippen MR) is 69.8 cm³/mol. The van der Waals surface area contributed by atoms with Crippen LogP contribution in [0.2, 0.25) is 0 Å². The van der Waals surface area contributed by atoms with Crippen molar-refractivity contribution in [1.82, 2.24) is 4.90 Å². The molecule has 1 rings (SSSR count). The molecule has 7 nitrogen and oxygen atoms in total. The van der Waals surface area contributed by atoms with Gasteiger partial charge < -0.3 is 25.7 Å². The lowest BCUT2D eigenvalue weighted by atomic mass is 9.88. The number of nitrogens with two attached hydrogens (primary N) is 1. The minimum Gasteiger partial charge on any atom is -0.409 e. The predicted octanol–water partition coefficient (Wildman–Crippen LogP) is -0.241. The summed E-state index contributed by atoms with van der Waals surface area (Å²) in [6.07, 6.45) is 0.989. The van der Waals surface area contributed by atoms with Gasteiger partial charge in [0.15, 0.2) is 5.84 Å². The van der Waals surface area contributed by atoms with Crippen LogP contribution in [0.1, 0.15) is 26.7 Å². The molecule has 0 atom stereocenters. The molecule has 0 aromatic rings. The number of rotatable bonds is 4. The van der Waals surface area contributed by atoms with Gasteiger partial charge in [-0.25, -0.2) is 0 Å². The first-order chi connectivity index (χ1) is 8.73. The summed E-state index contributed by atoms with van der Waals surface area (Å²) in [4.78, 5) is 13.7. The van der Waals surface area contributed by atoms with Crippen LogP contribution in [0.5, 0.6) is 0 Å². The fraction of sp³-hybridized carbons (Fsp3) is 0.833. The topological polar surface area (TPSA) is 108 Å². The lowest BCUT2D eigenvalue weighted by Gasteiger charge is -2.37. The molecule has 7 heteroatoms. The van der Waals surface area contributed by atoms with E-state index >= 15 is 0 Å². The molecule has 1 aliphatic heterocycles. The zero-order valence-electron chi connectivity index (χ0n) is 11.7. The van der Waals surface area contributed by atoms with Gasteiger partial charge in [-0.1, -0.05) is 5.16 Å². The first kappa shape index (κ1) is 15.7. The second kappa shape index (κ2) is 5.75. The molecule has 110 valence electrons. The third kappa shape index (κ3) is 3.57. The van der Waals surface area contributed by atoms with Crippen molar-refractivity contribution in [2.24, 2.45) is 16.3 Å². The third-order valence-electron chi connectivity index (χ3n) is 3.58. The number of oxime groups is 1. The summed E-state index contributed by atoms with van der Waals surface area (Å²) in [5, 5.41) is 22.0. The number of hydrogen-bond donors (Lipinski definition) is 3. The van der Waals surface area contributed by atoms with Gasteiger partial charge in [0.2, 0.25) is 5.91 Å². The fourth-order valence-electron chi connectivity index (χ4n) is 2.13. The number of hydrogen-bond acceptors (Lipinski definition) is 5. The first-order valence-corrected chi connectivity index (χ1v) is 6.27. The van der Waals surface area contributed by atoms with Gasteiger partial charge in [-0.2, -0.15) is 0 Å². The van der Waals surface area contributed by atoms with Crippen LogP contribution in [0.4, 0.5) is 0 Å². The molecule has 0 bridgehead atoms. The molecule has 0 unspecified atom stereocenters. The maximum absolute atomic E-state index is 12.3. The molecular weight excluding hydrogens is 250 g/mol. The minimum absolute atomic E-state index is 0.150. The van der Waals surface area contributed by atoms with Crippen LogP contribution >= 0.6 is 0 Å². The van der Waals surface area contributed by atoms with Crippen LogP contribution in [0, 0.1) is 5.41 Å². The standard InChI is InChI=1S/C12H23N3O4/c1-11(2,9(13)14-18)10(16)15(3)8-12(17)4-6-19-7-5-12/h17-18H,4-8H2,1-3H3,(H2,13,14). The van der Waals surface area contributed by atoms with E-state index in [-0.39, 0.29) is 18.3 Å². The molecule has 0 aromatic heterocycles. The Labute approximate surface area is 113 Å². The number of carbonyl (C=O) groups is 1. The molecular formula is C12H23N3O4. The van der Waals surface area contributed by atoms with Crippen LogP contribution in [-0.2, 0) is 9.53 Å². The van der Waals surface area contributed by atoms with Crippen LogP contribution in [0.15, 0.2) is 5.16 Å². The molecule has 19 heavy (non-hydrogen) atoms. The molecule has 1 amide bonds. The van der Waals surface area contributed by atoms with E-state index in [1.54, 1.807) is 20.9 Å². The summed E-state index contributed by atoms with van der Waals surface area (Å²) in [6.45, 7) is 4.34. The monoisotopic (exact) mass is 273 g/mol. The number of nitrogens with zero attached hydrogens (tertiary/aromatic N) is 2. The van der Waals surface area contributed by atoms with Crippen molar-refractivity contribution in [3.8, 4) is 0 Å². The van der Waals surface area contributed by atoms with E-state index in [9.17, 15) is 9.90 Å². The summed E-state index contributed by atoms with van der Waals surface area (Å²) in [5.41, 5.74) is 3.49. The highest BCUT2D eigenvalue weighted by molar-refractivity contribution is 6.05. The van der Waals surface area contributed by atoms with Gasteiger partial charge in [0.25, 0.3) is 0 Å². The van der Waals surface area contributed by atoms with Crippen LogP contribution < -0.4 is 5.73 Å². The van der Waals surface area contributed by atoms with Crippen molar-refractivity contribution in [1.29, 1.82) is 0 Å². The van der Waals surface area contributed by atoms with Crippen molar-refractivity contribution in [3.63, 3.8) is 0 Å². The molecule has 1 heterocycles. The molecule has 4 N–H and O–H groups in total. The van der Waals surface area contributed by atoms with Crippen LogP contribution in [0.25, 0.3) is 0 Å². The van der Waals surface area contributed by atoms with Crippen molar-refractivity contribution >= 4 is 11.7 Å². The Hall–Kier alpha value is -1.34. The Bertz CT molecular complexity index is 362. The number of ether oxygens (including phenoxy) is 1. The number of likely N-dealkylation sites (N-methyl/N-ethyl adjacent to an activating group) is 1. The largest absolute Gasteiger partial charge is 0.409 e. The van der Waals surface area contributed by atoms with Crippen LogP contribution in [0.3, 0.4) is 0 Å². The first-order valence-electron chi connectivity index (χ1n) is 6.27. The van der Waals surface area contributed by atoms with Crippen molar-refractivity contribution < 1.29 is 19.8 Å². The number of amidine groups is 1. The molecule has 0 radical (unpaired) electrons. The third-order valence-corrected chi connectivity index (χ3v) is 3.58. The summed E-state index contributed by atoms with van der Waals surface area (Å²) in [7, 11) is 1.60. The molecule has 1 fully saturated rings. The Morgan fingerprint density at radius 2 is 2.00 bits per heavy atom. The number of amides is 1. The molecule has 0 aliphatic carbocycles. The molecule has 0 saturated carbocycles. The smallest absolute Gasteiger partial charge is 0.235 e. The van der Waals surface area contributed by atoms with Gasteiger partial charge >= 0.3 is 0 Å². The highest BCUT2D eigenvalue weighted by Gasteiger charge is 2.39. The van der Waals surface area contributed by atoms with Gasteiger partial charge in [0, 0.05) is 39.6 Å². The maximum atomic E-state index is 12.3. The van der Waals surface area contributed by atoms with Gasteiger partial charge in [-0.3, -0.25) is 4.79 Å². The Kier molecular flexibility index (Phi) is 4.75. The minimum atomic E-state index is -1.11. The van der Waals surface area contributed by atoms with E-state index in [1.807, 2.05) is 0 Å². The van der Waals surface area contributed by atoms with E-state index in [0.29, 0.717) is 26.1 Å². The van der Waals surface area contributed by atoms with Crippen molar-refractivity contribution in [3.05, 3.63) is 0 Å². The van der Waals surface area contributed by atoms with Gasteiger partial charge in [0.05, 0.1) is 5.60 Å². The summed E-state index contributed by atoms with van der Waals surface area (Å²) in [5.74, 6) is -0.453. The molecule has 1 saturated heterocycles.